The molecular formula is C16H13NO3. The van der Waals surface area contributed by atoms with E-state index in [-0.39, 0.29) is 11.5 Å². The van der Waals surface area contributed by atoms with Crippen LogP contribution in [0.4, 0.5) is 0 Å². The maximum absolute atomic E-state index is 12.0. The Morgan fingerprint density at radius 1 is 1.45 bits per heavy atom. The average Bonchev–Trinajstić information content (AvgIpc) is 2.96. The van der Waals surface area contributed by atoms with Crippen molar-refractivity contribution in [2.75, 3.05) is 0 Å². The normalized spacial score (nSPS) is 19.8. The van der Waals surface area contributed by atoms with Crippen LogP contribution in [0.1, 0.15) is 34.3 Å². The lowest BCUT2D eigenvalue weighted by atomic mass is 9.62. The van der Waals surface area contributed by atoms with E-state index in [0.29, 0.717) is 24.8 Å². The maximum Gasteiger partial charge on any atom is 0.166 e. The fraction of sp³-hybridized carbons (Fsp3) is 0.250. The van der Waals surface area contributed by atoms with E-state index in [4.69, 9.17) is 4.42 Å². The van der Waals surface area contributed by atoms with Crippen molar-refractivity contribution >= 4 is 5.78 Å². The Hall–Kier alpha value is -2.54. The van der Waals surface area contributed by atoms with Gasteiger partial charge in [0, 0.05) is 6.42 Å². The molecule has 0 amide bonds. The fourth-order valence-electron chi connectivity index (χ4n) is 2.75. The number of aromatic hydroxyl groups is 1. The van der Waals surface area contributed by atoms with E-state index in [9.17, 15) is 15.2 Å². The first kappa shape index (κ1) is 12.5. The Balaban J connectivity index is 1.77. The molecule has 1 aromatic heterocycles. The van der Waals surface area contributed by atoms with Gasteiger partial charge in [-0.3, -0.25) is 4.79 Å². The summed E-state index contributed by atoms with van der Waals surface area (Å²) in [5, 5.41) is 19.0. The number of benzene rings is 1. The smallest absolute Gasteiger partial charge is 0.166 e. The van der Waals surface area contributed by atoms with Crippen molar-refractivity contribution in [3.05, 3.63) is 53.5 Å². The second kappa shape index (κ2) is 4.53. The minimum atomic E-state index is -0.645. The fourth-order valence-corrected chi connectivity index (χ4v) is 2.75. The summed E-state index contributed by atoms with van der Waals surface area (Å²) < 4.78 is 4.89. The van der Waals surface area contributed by atoms with Gasteiger partial charge in [0.1, 0.15) is 12.0 Å². The first-order chi connectivity index (χ1) is 9.64. The standard InChI is InChI=1S/C16H13NO3/c17-10-16(5-3-15(19)12-4-6-20-9-12)8-11-1-2-13(18)7-14(11)16/h1-2,4,6-7,9,18H,3,5,8H2. The van der Waals surface area contributed by atoms with Crippen LogP contribution in [-0.4, -0.2) is 10.9 Å². The van der Waals surface area contributed by atoms with E-state index < -0.39 is 5.41 Å². The minimum Gasteiger partial charge on any atom is -0.508 e. The number of phenolic OH excluding ortho intramolecular Hbond substituents is 1. The number of Topliss-reactive ketones (excluding diaryl/α,β-unsaturated/α-hetero) is 1. The van der Waals surface area contributed by atoms with E-state index in [2.05, 4.69) is 6.07 Å². The molecule has 1 N–H and O–H groups in total. The zero-order valence-corrected chi connectivity index (χ0v) is 10.8. The van der Waals surface area contributed by atoms with Crippen molar-refractivity contribution < 1.29 is 14.3 Å². The predicted molar refractivity (Wildman–Crippen MR) is 71.4 cm³/mol. The number of hydrogen-bond acceptors (Lipinski definition) is 4. The second-order valence-corrected chi connectivity index (χ2v) is 5.15. The van der Waals surface area contributed by atoms with Gasteiger partial charge >= 0.3 is 0 Å². The van der Waals surface area contributed by atoms with Crippen LogP contribution in [0.25, 0.3) is 0 Å². The highest BCUT2D eigenvalue weighted by Gasteiger charge is 2.43. The van der Waals surface area contributed by atoms with Crippen LogP contribution in [0.3, 0.4) is 0 Å². The molecule has 1 aliphatic carbocycles. The van der Waals surface area contributed by atoms with Crippen molar-refractivity contribution in [1.29, 1.82) is 5.26 Å². The van der Waals surface area contributed by atoms with E-state index in [1.807, 2.05) is 6.07 Å². The highest BCUT2D eigenvalue weighted by Crippen LogP contribution is 2.45. The van der Waals surface area contributed by atoms with Gasteiger partial charge in [-0.1, -0.05) is 6.07 Å². The van der Waals surface area contributed by atoms with Crippen molar-refractivity contribution in [1.82, 2.24) is 0 Å². The first-order valence-electron chi connectivity index (χ1n) is 6.44. The Kier molecular flexibility index (Phi) is 2.83. The zero-order valence-electron chi connectivity index (χ0n) is 10.8. The molecule has 0 spiro atoms. The third-order valence-corrected chi connectivity index (χ3v) is 3.94. The molecule has 0 aliphatic heterocycles. The third kappa shape index (κ3) is 1.88. The molecule has 0 saturated heterocycles. The molecule has 0 fully saturated rings. The minimum absolute atomic E-state index is 0.0259. The second-order valence-electron chi connectivity index (χ2n) is 5.15. The summed E-state index contributed by atoms with van der Waals surface area (Å²) in [7, 11) is 0. The Bertz CT molecular complexity index is 697. The molecule has 2 aromatic rings. The van der Waals surface area contributed by atoms with Gasteiger partial charge in [-0.25, -0.2) is 0 Å². The number of carbonyl (C=O) groups is 1. The molecule has 1 atom stereocenters. The van der Waals surface area contributed by atoms with E-state index >= 15 is 0 Å². The SMILES string of the molecule is N#CC1(CCC(=O)c2ccoc2)Cc2ccc(O)cc21. The summed E-state index contributed by atoms with van der Waals surface area (Å²) in [5.41, 5.74) is 1.81. The van der Waals surface area contributed by atoms with Gasteiger partial charge in [-0.2, -0.15) is 5.26 Å². The van der Waals surface area contributed by atoms with Crippen LogP contribution >= 0.6 is 0 Å². The lowest BCUT2D eigenvalue weighted by Gasteiger charge is -2.38. The summed E-state index contributed by atoms with van der Waals surface area (Å²) in [6.07, 6.45) is 4.27. The van der Waals surface area contributed by atoms with Gasteiger partial charge in [0.05, 0.1) is 23.3 Å². The van der Waals surface area contributed by atoms with Crippen LogP contribution in [0.2, 0.25) is 0 Å². The number of nitrogens with zero attached hydrogens (tertiary/aromatic N) is 1. The quantitative estimate of drug-likeness (QED) is 0.864. The molecule has 20 heavy (non-hydrogen) atoms. The average molecular weight is 267 g/mol. The number of nitriles is 1. The number of ketones is 1. The van der Waals surface area contributed by atoms with Crippen LogP contribution in [0.5, 0.6) is 5.75 Å². The lowest BCUT2D eigenvalue weighted by Crippen LogP contribution is -2.37. The molecular weight excluding hydrogens is 254 g/mol. The number of rotatable bonds is 4. The van der Waals surface area contributed by atoms with Gasteiger partial charge in [0.2, 0.25) is 0 Å². The van der Waals surface area contributed by atoms with Crippen LogP contribution in [0, 0.1) is 11.3 Å². The predicted octanol–water partition coefficient (Wildman–Crippen LogP) is 2.97. The van der Waals surface area contributed by atoms with Gasteiger partial charge in [0.25, 0.3) is 0 Å². The Morgan fingerprint density at radius 3 is 3.00 bits per heavy atom. The summed E-state index contributed by atoms with van der Waals surface area (Å²) in [5.74, 6) is 0.131. The van der Waals surface area contributed by atoms with Crippen molar-refractivity contribution in [3.8, 4) is 11.8 Å². The molecule has 1 heterocycles. The molecule has 1 unspecified atom stereocenters. The number of hydrogen-bond donors (Lipinski definition) is 1. The number of fused-ring (bicyclic) bond motifs is 1. The highest BCUT2D eigenvalue weighted by atomic mass is 16.3. The lowest BCUT2D eigenvalue weighted by molar-refractivity contribution is 0.0971. The number of carbonyl (C=O) groups excluding carboxylic acids is 1. The van der Waals surface area contributed by atoms with Crippen molar-refractivity contribution in [3.63, 3.8) is 0 Å². The molecule has 1 aromatic carbocycles. The van der Waals surface area contributed by atoms with Gasteiger partial charge < -0.3 is 9.52 Å². The number of furan rings is 1. The first-order valence-corrected chi connectivity index (χ1v) is 6.44. The van der Waals surface area contributed by atoms with Crippen LogP contribution in [0.15, 0.2) is 41.2 Å². The molecule has 4 nitrogen and oxygen atoms in total. The Morgan fingerprint density at radius 2 is 2.30 bits per heavy atom. The highest BCUT2D eigenvalue weighted by molar-refractivity contribution is 5.95. The summed E-state index contributed by atoms with van der Waals surface area (Å²) in [4.78, 5) is 12.0. The van der Waals surface area contributed by atoms with Crippen LogP contribution < -0.4 is 0 Å². The largest absolute Gasteiger partial charge is 0.508 e. The van der Waals surface area contributed by atoms with Crippen molar-refractivity contribution in [2.24, 2.45) is 0 Å². The summed E-state index contributed by atoms with van der Waals surface area (Å²) >= 11 is 0. The van der Waals surface area contributed by atoms with Gasteiger partial charge in [-0.05, 0) is 42.2 Å². The molecule has 3 rings (SSSR count). The summed E-state index contributed by atoms with van der Waals surface area (Å²) in [6, 6.07) is 9.02. The van der Waals surface area contributed by atoms with Gasteiger partial charge in [-0.15, -0.1) is 0 Å². The number of phenols is 1. The molecule has 4 heteroatoms. The van der Waals surface area contributed by atoms with E-state index in [0.717, 1.165) is 11.1 Å². The van der Waals surface area contributed by atoms with Gasteiger partial charge in [0.15, 0.2) is 5.78 Å². The summed E-state index contributed by atoms with van der Waals surface area (Å²) in [6.45, 7) is 0. The van der Waals surface area contributed by atoms with E-state index in [1.54, 1.807) is 18.2 Å². The monoisotopic (exact) mass is 267 g/mol. The third-order valence-electron chi connectivity index (χ3n) is 3.94. The molecule has 100 valence electrons. The molecule has 0 saturated carbocycles. The molecule has 0 radical (unpaired) electrons. The zero-order chi connectivity index (χ0) is 14.2. The van der Waals surface area contributed by atoms with Crippen molar-refractivity contribution in [2.45, 2.75) is 24.7 Å². The van der Waals surface area contributed by atoms with Crippen LogP contribution in [-0.2, 0) is 11.8 Å². The topological polar surface area (TPSA) is 74.2 Å². The maximum atomic E-state index is 12.0. The Labute approximate surface area is 116 Å². The molecule has 0 bridgehead atoms. The van der Waals surface area contributed by atoms with E-state index in [1.165, 1.54) is 12.5 Å². The molecule has 1 aliphatic rings.